The first-order valence-corrected chi connectivity index (χ1v) is 8.39. The highest BCUT2D eigenvalue weighted by molar-refractivity contribution is 7.09. The molecule has 0 bridgehead atoms. The Bertz CT molecular complexity index is 652. The third-order valence-corrected chi connectivity index (χ3v) is 4.75. The van der Waals surface area contributed by atoms with E-state index in [1.54, 1.807) is 23.6 Å². The normalized spacial score (nSPS) is 18.7. The van der Waals surface area contributed by atoms with Crippen molar-refractivity contribution in [2.45, 2.75) is 32.4 Å². The van der Waals surface area contributed by atoms with E-state index in [9.17, 15) is 4.79 Å². The van der Waals surface area contributed by atoms with Crippen LogP contribution in [0.2, 0.25) is 0 Å². The van der Waals surface area contributed by atoms with E-state index in [4.69, 9.17) is 4.74 Å². The molecule has 0 radical (unpaired) electrons. The minimum atomic E-state index is -0.332. The van der Waals surface area contributed by atoms with Crippen LogP contribution in [0, 0.1) is 0 Å². The van der Waals surface area contributed by atoms with Gasteiger partial charge in [0.15, 0.2) is 5.69 Å². The quantitative estimate of drug-likeness (QED) is 0.792. The van der Waals surface area contributed by atoms with Crippen LogP contribution in [0.25, 0.3) is 0 Å². The Labute approximate surface area is 133 Å². The SMILES string of the molecule is CCOC(=O)c1csc([C@@H]2CCCN2Cc2cnn(C)c2)n1. The average molecular weight is 320 g/mol. The van der Waals surface area contributed by atoms with Gasteiger partial charge in [-0.25, -0.2) is 9.78 Å². The molecule has 1 aliphatic heterocycles. The van der Waals surface area contributed by atoms with Crippen molar-refractivity contribution in [2.24, 2.45) is 7.05 Å². The highest BCUT2D eigenvalue weighted by Gasteiger charge is 2.29. The Hall–Kier alpha value is -1.73. The molecule has 0 aromatic carbocycles. The first-order chi connectivity index (χ1) is 10.7. The van der Waals surface area contributed by atoms with Crippen molar-refractivity contribution in [3.8, 4) is 0 Å². The number of carbonyl (C=O) groups excluding carboxylic acids is 1. The lowest BCUT2D eigenvalue weighted by molar-refractivity contribution is 0.0520. The average Bonchev–Trinajstić information content (AvgIpc) is 3.20. The number of rotatable bonds is 5. The molecule has 3 rings (SSSR count). The Morgan fingerprint density at radius 1 is 1.55 bits per heavy atom. The Kier molecular flexibility index (Phi) is 4.54. The van der Waals surface area contributed by atoms with E-state index in [1.807, 2.05) is 24.1 Å². The number of thiazole rings is 1. The van der Waals surface area contributed by atoms with Crippen molar-refractivity contribution in [2.75, 3.05) is 13.2 Å². The van der Waals surface area contributed by atoms with Crippen molar-refractivity contribution in [1.29, 1.82) is 0 Å². The summed E-state index contributed by atoms with van der Waals surface area (Å²) in [6, 6.07) is 0.286. The van der Waals surface area contributed by atoms with E-state index in [1.165, 1.54) is 5.56 Å². The van der Waals surface area contributed by atoms with Crippen LogP contribution in [0.1, 0.15) is 46.9 Å². The van der Waals surface area contributed by atoms with Crippen LogP contribution in [0.15, 0.2) is 17.8 Å². The van der Waals surface area contributed by atoms with Gasteiger partial charge in [0.25, 0.3) is 0 Å². The zero-order valence-electron chi connectivity index (χ0n) is 12.9. The summed E-state index contributed by atoms with van der Waals surface area (Å²) in [4.78, 5) is 18.6. The van der Waals surface area contributed by atoms with Gasteiger partial charge >= 0.3 is 5.97 Å². The van der Waals surface area contributed by atoms with Crippen molar-refractivity contribution >= 4 is 17.3 Å². The monoisotopic (exact) mass is 320 g/mol. The van der Waals surface area contributed by atoms with Crippen LogP contribution in [-0.2, 0) is 18.3 Å². The van der Waals surface area contributed by atoms with Crippen LogP contribution < -0.4 is 0 Å². The molecule has 0 unspecified atom stereocenters. The second-order valence-corrected chi connectivity index (χ2v) is 6.33. The molecule has 0 saturated carbocycles. The molecule has 118 valence electrons. The molecule has 6 nitrogen and oxygen atoms in total. The summed E-state index contributed by atoms with van der Waals surface area (Å²) in [6.45, 7) is 4.10. The lowest BCUT2D eigenvalue weighted by Crippen LogP contribution is -2.22. The second kappa shape index (κ2) is 6.58. The summed E-state index contributed by atoms with van der Waals surface area (Å²) in [5.41, 5.74) is 1.63. The summed E-state index contributed by atoms with van der Waals surface area (Å²) >= 11 is 1.55. The van der Waals surface area contributed by atoms with Gasteiger partial charge in [-0.2, -0.15) is 5.10 Å². The molecule has 0 aliphatic carbocycles. The maximum absolute atomic E-state index is 11.7. The van der Waals surface area contributed by atoms with Crippen molar-refractivity contribution < 1.29 is 9.53 Å². The highest BCUT2D eigenvalue weighted by atomic mass is 32.1. The predicted molar refractivity (Wildman–Crippen MR) is 83.7 cm³/mol. The van der Waals surface area contributed by atoms with Crippen LogP contribution in [0.3, 0.4) is 0 Å². The smallest absolute Gasteiger partial charge is 0.357 e. The molecule has 1 aliphatic rings. The van der Waals surface area contributed by atoms with E-state index in [0.717, 1.165) is 30.9 Å². The lowest BCUT2D eigenvalue weighted by atomic mass is 10.2. The summed E-state index contributed by atoms with van der Waals surface area (Å²) in [7, 11) is 1.93. The summed E-state index contributed by atoms with van der Waals surface area (Å²) < 4.78 is 6.83. The summed E-state index contributed by atoms with van der Waals surface area (Å²) in [6.07, 6.45) is 6.18. The Morgan fingerprint density at radius 3 is 3.14 bits per heavy atom. The van der Waals surface area contributed by atoms with Gasteiger partial charge in [-0.15, -0.1) is 11.3 Å². The van der Waals surface area contributed by atoms with E-state index in [0.29, 0.717) is 12.3 Å². The van der Waals surface area contributed by atoms with Crippen molar-refractivity contribution in [3.63, 3.8) is 0 Å². The third kappa shape index (κ3) is 3.20. The van der Waals surface area contributed by atoms with Crippen molar-refractivity contribution in [3.05, 3.63) is 34.0 Å². The van der Waals surface area contributed by atoms with Gasteiger partial charge in [-0.3, -0.25) is 9.58 Å². The summed E-state index contributed by atoms with van der Waals surface area (Å²) in [5.74, 6) is -0.332. The molecule has 7 heteroatoms. The minimum absolute atomic E-state index is 0.286. The van der Waals surface area contributed by atoms with Crippen molar-refractivity contribution in [1.82, 2.24) is 19.7 Å². The number of aryl methyl sites for hydroxylation is 1. The van der Waals surface area contributed by atoms with E-state index >= 15 is 0 Å². The number of nitrogens with zero attached hydrogens (tertiary/aromatic N) is 4. The van der Waals surface area contributed by atoms with Crippen LogP contribution >= 0.6 is 11.3 Å². The van der Waals surface area contributed by atoms with E-state index in [-0.39, 0.29) is 12.0 Å². The van der Waals surface area contributed by atoms with Gasteiger partial charge in [0.1, 0.15) is 5.01 Å². The largest absolute Gasteiger partial charge is 0.461 e. The van der Waals surface area contributed by atoms with Gasteiger partial charge in [0.2, 0.25) is 0 Å². The lowest BCUT2D eigenvalue weighted by Gasteiger charge is -2.21. The Morgan fingerprint density at radius 2 is 2.41 bits per heavy atom. The third-order valence-electron chi connectivity index (χ3n) is 3.80. The number of ether oxygens (including phenoxy) is 1. The standard InChI is InChI=1S/C15H20N4O2S/c1-3-21-15(20)12-10-22-14(17-12)13-5-4-6-19(13)9-11-7-16-18(2)8-11/h7-8,10,13H,3-6,9H2,1-2H3/t13-/m0/s1. The maximum Gasteiger partial charge on any atom is 0.357 e. The molecule has 0 N–H and O–H groups in total. The topological polar surface area (TPSA) is 60.2 Å². The summed E-state index contributed by atoms with van der Waals surface area (Å²) in [5, 5.41) is 7.02. The molecule has 2 aromatic heterocycles. The van der Waals surface area contributed by atoms with Gasteiger partial charge in [-0.1, -0.05) is 0 Å². The van der Waals surface area contributed by atoms with Crippen LogP contribution in [0.5, 0.6) is 0 Å². The van der Waals surface area contributed by atoms with Crippen LogP contribution in [-0.4, -0.2) is 38.8 Å². The first-order valence-electron chi connectivity index (χ1n) is 7.51. The van der Waals surface area contributed by atoms with Gasteiger partial charge in [0, 0.05) is 30.7 Å². The first kappa shape index (κ1) is 15.2. The minimum Gasteiger partial charge on any atom is -0.461 e. The zero-order chi connectivity index (χ0) is 15.5. The number of hydrogen-bond acceptors (Lipinski definition) is 6. The predicted octanol–water partition coefficient (Wildman–Crippen LogP) is 2.39. The molecular formula is C15H20N4O2S. The molecule has 1 saturated heterocycles. The number of hydrogen-bond donors (Lipinski definition) is 0. The fraction of sp³-hybridized carbons (Fsp3) is 0.533. The number of esters is 1. The molecule has 1 atom stereocenters. The molecule has 0 spiro atoms. The molecule has 1 fully saturated rings. The molecule has 22 heavy (non-hydrogen) atoms. The number of likely N-dealkylation sites (tertiary alicyclic amines) is 1. The second-order valence-electron chi connectivity index (χ2n) is 5.44. The Balaban J connectivity index is 1.71. The van der Waals surface area contributed by atoms with E-state index < -0.39 is 0 Å². The highest BCUT2D eigenvalue weighted by Crippen LogP contribution is 2.34. The molecule has 2 aromatic rings. The number of carbonyl (C=O) groups is 1. The van der Waals surface area contributed by atoms with Crippen LogP contribution in [0.4, 0.5) is 0 Å². The maximum atomic E-state index is 11.7. The van der Waals surface area contributed by atoms with Gasteiger partial charge in [0.05, 0.1) is 18.8 Å². The molecular weight excluding hydrogens is 300 g/mol. The zero-order valence-corrected chi connectivity index (χ0v) is 13.7. The fourth-order valence-corrected chi connectivity index (χ4v) is 3.78. The van der Waals surface area contributed by atoms with Gasteiger partial charge in [-0.05, 0) is 26.3 Å². The van der Waals surface area contributed by atoms with Gasteiger partial charge < -0.3 is 4.74 Å². The molecule has 3 heterocycles. The molecule has 0 amide bonds. The van der Waals surface area contributed by atoms with E-state index in [2.05, 4.69) is 15.0 Å². The number of aromatic nitrogens is 3. The fourth-order valence-electron chi connectivity index (χ4n) is 2.82.